The van der Waals surface area contributed by atoms with Gasteiger partial charge in [0.15, 0.2) is 11.5 Å². The van der Waals surface area contributed by atoms with Gasteiger partial charge in [0.2, 0.25) is 11.8 Å². The Labute approximate surface area is 157 Å². The van der Waals surface area contributed by atoms with E-state index in [4.69, 9.17) is 28.2 Å². The van der Waals surface area contributed by atoms with Crippen LogP contribution in [0.15, 0.2) is 10.5 Å². The largest absolute Gasteiger partial charge is 0.493 e. The molecular formula is C16H26BrO7P. The van der Waals surface area contributed by atoms with E-state index in [0.29, 0.717) is 40.2 Å². The van der Waals surface area contributed by atoms with Crippen LogP contribution >= 0.6 is 23.3 Å². The van der Waals surface area contributed by atoms with Gasteiger partial charge in [-0.3, -0.25) is 4.57 Å². The monoisotopic (exact) mass is 440 g/mol. The first-order chi connectivity index (χ1) is 11.9. The van der Waals surface area contributed by atoms with Crippen molar-refractivity contribution in [3.63, 3.8) is 0 Å². The van der Waals surface area contributed by atoms with Crippen LogP contribution in [-0.2, 0) is 18.6 Å². The van der Waals surface area contributed by atoms with E-state index in [9.17, 15) is 4.57 Å². The fourth-order valence-electron chi connectivity index (χ4n) is 2.30. The molecule has 0 aliphatic carbocycles. The summed E-state index contributed by atoms with van der Waals surface area (Å²) in [6.07, 6.45) is 0. The summed E-state index contributed by atoms with van der Waals surface area (Å²) in [5.41, 5.74) is 0. The zero-order valence-electron chi connectivity index (χ0n) is 15.5. The van der Waals surface area contributed by atoms with Gasteiger partial charge in [0.1, 0.15) is 0 Å². The third-order valence-electron chi connectivity index (χ3n) is 3.30. The van der Waals surface area contributed by atoms with Crippen LogP contribution in [-0.4, -0.2) is 47.2 Å². The predicted octanol–water partition coefficient (Wildman–Crippen LogP) is 3.77. The number of hydrogen-bond acceptors (Lipinski definition) is 7. The van der Waals surface area contributed by atoms with Crippen LogP contribution in [0.1, 0.15) is 20.8 Å². The molecule has 1 aromatic rings. The van der Waals surface area contributed by atoms with Crippen LogP contribution in [0.25, 0.3) is 0 Å². The zero-order valence-corrected chi connectivity index (χ0v) is 17.9. The molecule has 0 aliphatic heterocycles. The maximum atomic E-state index is 13.8. The first-order valence-corrected chi connectivity index (χ1v) is 10.4. The van der Waals surface area contributed by atoms with Gasteiger partial charge < -0.3 is 28.2 Å². The molecule has 1 atom stereocenters. The van der Waals surface area contributed by atoms with Crippen LogP contribution in [0.2, 0.25) is 0 Å². The van der Waals surface area contributed by atoms with E-state index >= 15 is 0 Å². The highest BCUT2D eigenvalue weighted by Crippen LogP contribution is 2.56. The summed E-state index contributed by atoms with van der Waals surface area (Å²) < 4.78 is 47.2. The van der Waals surface area contributed by atoms with Crippen molar-refractivity contribution in [2.45, 2.75) is 26.8 Å². The van der Waals surface area contributed by atoms with Gasteiger partial charge in [0.25, 0.3) is 7.37 Å². The Morgan fingerprint density at radius 1 is 0.960 bits per heavy atom. The maximum Gasteiger partial charge on any atom is 0.288 e. The normalized spacial score (nSPS) is 13.6. The van der Waals surface area contributed by atoms with Crippen LogP contribution in [0, 0.1) is 0 Å². The molecule has 0 aromatic heterocycles. The van der Waals surface area contributed by atoms with Gasteiger partial charge in [-0.2, -0.15) is 0 Å². The van der Waals surface area contributed by atoms with Crippen molar-refractivity contribution in [1.82, 2.24) is 0 Å². The fraction of sp³-hybridized carbons (Fsp3) is 0.625. The highest BCUT2D eigenvalue weighted by Gasteiger charge is 2.41. The van der Waals surface area contributed by atoms with E-state index in [1.54, 1.807) is 26.8 Å². The molecule has 0 bridgehead atoms. The Morgan fingerprint density at radius 3 is 1.92 bits per heavy atom. The molecule has 0 spiro atoms. The lowest BCUT2D eigenvalue weighted by atomic mass is 10.3. The molecule has 1 unspecified atom stereocenters. The van der Waals surface area contributed by atoms with Gasteiger partial charge in [-0.05, 0) is 42.8 Å². The smallest absolute Gasteiger partial charge is 0.288 e. The standard InChI is InChI=1S/C16H26BrO7P/c1-7-22-16(23-8-2)25(18,24-9-3)12-10-11(19-4)14(20-5)15(21-6)13(12)17/h10,16H,7-9H2,1-6H3. The SMILES string of the molecule is CCOC(OCC)P(=O)(OCC)c1cc(OC)c(OC)c(OC)c1Br. The summed E-state index contributed by atoms with van der Waals surface area (Å²) >= 11 is 3.45. The van der Waals surface area contributed by atoms with Crippen molar-refractivity contribution in [3.8, 4) is 17.2 Å². The Morgan fingerprint density at radius 2 is 1.52 bits per heavy atom. The topological polar surface area (TPSA) is 72.5 Å². The number of benzene rings is 1. The fourth-order valence-corrected chi connectivity index (χ4v) is 5.73. The molecule has 1 aromatic carbocycles. The van der Waals surface area contributed by atoms with Crippen LogP contribution < -0.4 is 19.5 Å². The molecule has 0 radical (unpaired) electrons. The molecule has 0 amide bonds. The van der Waals surface area contributed by atoms with E-state index in [0.717, 1.165) is 0 Å². The van der Waals surface area contributed by atoms with Gasteiger partial charge in [0.05, 0.1) is 37.7 Å². The second kappa shape index (κ2) is 10.4. The summed E-state index contributed by atoms with van der Waals surface area (Å²) in [6.45, 7) is 6.22. The highest BCUT2D eigenvalue weighted by atomic mass is 79.9. The molecule has 0 heterocycles. The predicted molar refractivity (Wildman–Crippen MR) is 99.7 cm³/mol. The average molecular weight is 441 g/mol. The number of halogens is 1. The molecule has 9 heteroatoms. The minimum atomic E-state index is -3.57. The molecule has 0 saturated heterocycles. The third kappa shape index (κ3) is 4.68. The van der Waals surface area contributed by atoms with Crippen LogP contribution in [0.4, 0.5) is 0 Å². The lowest BCUT2D eigenvalue weighted by Gasteiger charge is -2.28. The second-order valence-electron chi connectivity index (χ2n) is 4.71. The summed E-state index contributed by atoms with van der Waals surface area (Å²) in [5.74, 6) is 1.10. The van der Waals surface area contributed by atoms with E-state index in [-0.39, 0.29) is 6.61 Å². The molecule has 0 aliphatic rings. The van der Waals surface area contributed by atoms with Gasteiger partial charge in [-0.1, -0.05) is 0 Å². The zero-order chi connectivity index (χ0) is 19.0. The Hall–Kier alpha value is -0.790. The molecule has 144 valence electrons. The van der Waals surface area contributed by atoms with Gasteiger partial charge in [0, 0.05) is 13.2 Å². The van der Waals surface area contributed by atoms with E-state index in [1.165, 1.54) is 21.3 Å². The average Bonchev–Trinajstić information content (AvgIpc) is 2.60. The van der Waals surface area contributed by atoms with Crippen molar-refractivity contribution in [2.24, 2.45) is 0 Å². The van der Waals surface area contributed by atoms with E-state index < -0.39 is 13.4 Å². The molecule has 7 nitrogen and oxygen atoms in total. The first-order valence-electron chi connectivity index (χ1n) is 7.91. The minimum Gasteiger partial charge on any atom is -0.493 e. The lowest BCUT2D eigenvalue weighted by molar-refractivity contribution is -0.0875. The molecular weight excluding hydrogens is 415 g/mol. The third-order valence-corrected chi connectivity index (χ3v) is 6.92. The minimum absolute atomic E-state index is 0.219. The summed E-state index contributed by atoms with van der Waals surface area (Å²) in [7, 11) is 0.903. The lowest BCUT2D eigenvalue weighted by Crippen LogP contribution is -2.26. The summed E-state index contributed by atoms with van der Waals surface area (Å²) in [4.78, 5) is 0. The van der Waals surface area contributed by atoms with Gasteiger partial charge in [-0.15, -0.1) is 0 Å². The van der Waals surface area contributed by atoms with E-state index in [1.807, 2.05) is 0 Å². The molecule has 25 heavy (non-hydrogen) atoms. The van der Waals surface area contributed by atoms with Crippen LogP contribution in [0.5, 0.6) is 17.2 Å². The summed E-state index contributed by atoms with van der Waals surface area (Å²) in [6, 6.07) is 0.550. The molecule has 0 fully saturated rings. The number of hydrogen-bond donors (Lipinski definition) is 0. The number of methoxy groups -OCH3 is 3. The number of ether oxygens (including phenoxy) is 5. The summed E-state index contributed by atoms with van der Waals surface area (Å²) in [5, 5.41) is 0.343. The van der Waals surface area contributed by atoms with Crippen molar-refractivity contribution in [2.75, 3.05) is 41.2 Å². The maximum absolute atomic E-state index is 13.8. The van der Waals surface area contributed by atoms with Crippen molar-refractivity contribution in [1.29, 1.82) is 0 Å². The molecule has 0 N–H and O–H groups in total. The van der Waals surface area contributed by atoms with Gasteiger partial charge in [-0.25, -0.2) is 0 Å². The van der Waals surface area contributed by atoms with E-state index in [2.05, 4.69) is 15.9 Å². The molecule has 1 rings (SSSR count). The highest BCUT2D eigenvalue weighted by molar-refractivity contribution is 9.10. The Kier molecular flexibility index (Phi) is 9.24. The quantitative estimate of drug-likeness (QED) is 0.383. The van der Waals surface area contributed by atoms with Crippen molar-refractivity contribution < 1.29 is 32.8 Å². The molecule has 0 saturated carbocycles. The van der Waals surface area contributed by atoms with Crippen LogP contribution in [0.3, 0.4) is 0 Å². The Balaban J connectivity index is 3.67. The van der Waals surface area contributed by atoms with Gasteiger partial charge >= 0.3 is 0 Å². The van der Waals surface area contributed by atoms with Crippen molar-refractivity contribution in [3.05, 3.63) is 10.5 Å². The Bertz CT molecular complexity index is 603. The first kappa shape index (κ1) is 22.3. The van der Waals surface area contributed by atoms with Crippen molar-refractivity contribution >= 4 is 28.6 Å². The number of rotatable bonds is 11. The second-order valence-corrected chi connectivity index (χ2v) is 7.86.